The Morgan fingerprint density at radius 2 is 1.71 bits per heavy atom. The lowest BCUT2D eigenvalue weighted by atomic mass is 10.0. The molecule has 3 rings (SSSR count). The molecule has 0 aliphatic carbocycles. The number of benzene rings is 2. The first-order valence-electron chi connectivity index (χ1n) is 9.55. The molecule has 0 aliphatic heterocycles. The minimum absolute atomic E-state index is 0.00405. The van der Waals surface area contributed by atoms with Crippen LogP contribution in [0.1, 0.15) is 34.3 Å². The maximum Gasteiger partial charge on any atom is 0.269 e. The third-order valence-corrected chi connectivity index (χ3v) is 5.97. The lowest BCUT2D eigenvalue weighted by Gasteiger charge is -2.08. The number of anilines is 1. The molecule has 0 saturated carbocycles. The van der Waals surface area contributed by atoms with Crippen molar-refractivity contribution in [1.82, 2.24) is 25.3 Å². The summed E-state index contributed by atoms with van der Waals surface area (Å²) in [6.45, 7) is 2.13. The summed E-state index contributed by atoms with van der Waals surface area (Å²) < 4.78 is 27.2. The molecule has 10 nitrogen and oxygen atoms in total. The zero-order chi connectivity index (χ0) is 22.3. The van der Waals surface area contributed by atoms with E-state index < -0.39 is 10.0 Å². The number of ketones is 1. The van der Waals surface area contributed by atoms with Gasteiger partial charge in [0.05, 0.1) is 4.90 Å². The largest absolute Gasteiger partial charge is 0.294 e. The molecular weight excluding hydrogens is 420 g/mol. The molecule has 31 heavy (non-hydrogen) atoms. The first kappa shape index (κ1) is 22.2. The van der Waals surface area contributed by atoms with Crippen LogP contribution in [-0.4, -0.2) is 47.3 Å². The van der Waals surface area contributed by atoms with Crippen LogP contribution < -0.4 is 10.0 Å². The Bertz CT molecular complexity index is 1130. The Labute approximate surface area is 179 Å². The molecular formula is C20H22N6O4S. The molecule has 1 amide bonds. The van der Waals surface area contributed by atoms with Crippen molar-refractivity contribution in [3.8, 4) is 0 Å². The van der Waals surface area contributed by atoms with Crippen molar-refractivity contribution < 1.29 is 18.0 Å². The Balaban J connectivity index is 1.45. The predicted octanol–water partition coefficient (Wildman–Crippen LogP) is 1.63. The van der Waals surface area contributed by atoms with E-state index in [4.69, 9.17) is 0 Å². The van der Waals surface area contributed by atoms with Gasteiger partial charge in [-0.05, 0) is 36.3 Å². The number of nitrogens with zero attached hydrogens (tertiary/aromatic N) is 3. The van der Waals surface area contributed by atoms with Gasteiger partial charge >= 0.3 is 0 Å². The molecule has 0 aliphatic rings. The van der Waals surface area contributed by atoms with E-state index in [-0.39, 0.29) is 41.9 Å². The van der Waals surface area contributed by atoms with E-state index in [9.17, 15) is 18.0 Å². The van der Waals surface area contributed by atoms with Gasteiger partial charge in [0, 0.05) is 24.9 Å². The van der Waals surface area contributed by atoms with Crippen LogP contribution in [-0.2, 0) is 21.2 Å². The smallest absolute Gasteiger partial charge is 0.269 e. The van der Waals surface area contributed by atoms with Gasteiger partial charge in [0.25, 0.3) is 5.95 Å². The molecule has 0 bridgehead atoms. The van der Waals surface area contributed by atoms with Gasteiger partial charge in [0.2, 0.25) is 15.9 Å². The minimum Gasteiger partial charge on any atom is -0.294 e. The van der Waals surface area contributed by atoms with Gasteiger partial charge in [0.15, 0.2) is 5.78 Å². The highest BCUT2D eigenvalue weighted by atomic mass is 32.2. The fourth-order valence-corrected chi connectivity index (χ4v) is 3.79. The molecule has 3 N–H and O–H groups in total. The molecule has 0 saturated heterocycles. The van der Waals surface area contributed by atoms with Crippen LogP contribution in [0.5, 0.6) is 0 Å². The van der Waals surface area contributed by atoms with Gasteiger partial charge in [0.1, 0.15) is 0 Å². The van der Waals surface area contributed by atoms with Crippen LogP contribution in [0.15, 0.2) is 53.4 Å². The fourth-order valence-electron chi connectivity index (χ4n) is 2.76. The molecule has 1 heterocycles. The number of carbonyl (C=O) groups is 2. The SMILES string of the molecule is Cc1ccc(S(=O)(=O)NCCc2ccc(C(=O)CCC(=O)Nc3nn[nH]n3)cc2)cc1. The number of nitrogens with one attached hydrogen (secondary N) is 3. The number of hydrogen-bond donors (Lipinski definition) is 3. The quantitative estimate of drug-likeness (QED) is 0.404. The molecule has 0 atom stereocenters. The zero-order valence-corrected chi connectivity index (χ0v) is 17.6. The maximum absolute atomic E-state index is 12.3. The Morgan fingerprint density at radius 3 is 2.35 bits per heavy atom. The number of H-pyrrole nitrogens is 1. The first-order chi connectivity index (χ1) is 14.8. The van der Waals surface area contributed by atoms with Crippen LogP contribution in [0, 0.1) is 6.92 Å². The number of Topliss-reactive ketones (excluding diaryl/α,β-unsaturated/α-hetero) is 1. The van der Waals surface area contributed by atoms with E-state index in [1.54, 1.807) is 48.5 Å². The number of sulfonamides is 1. The second-order valence-electron chi connectivity index (χ2n) is 6.86. The number of aromatic amines is 1. The van der Waals surface area contributed by atoms with Crippen molar-refractivity contribution in [2.75, 3.05) is 11.9 Å². The predicted molar refractivity (Wildman–Crippen MR) is 113 cm³/mol. The summed E-state index contributed by atoms with van der Waals surface area (Å²) in [6, 6.07) is 13.5. The first-order valence-corrected chi connectivity index (χ1v) is 11.0. The highest BCUT2D eigenvalue weighted by Crippen LogP contribution is 2.12. The average molecular weight is 443 g/mol. The second-order valence-corrected chi connectivity index (χ2v) is 8.63. The summed E-state index contributed by atoms with van der Waals surface area (Å²) in [7, 11) is -3.56. The molecule has 11 heteroatoms. The van der Waals surface area contributed by atoms with Gasteiger partial charge in [-0.3, -0.25) is 14.9 Å². The summed E-state index contributed by atoms with van der Waals surface area (Å²) >= 11 is 0. The molecule has 162 valence electrons. The molecule has 0 spiro atoms. The lowest BCUT2D eigenvalue weighted by molar-refractivity contribution is -0.116. The molecule has 2 aromatic carbocycles. The number of rotatable bonds is 10. The van der Waals surface area contributed by atoms with Gasteiger partial charge in [-0.1, -0.05) is 47.1 Å². The Hall–Kier alpha value is -3.44. The number of aryl methyl sites for hydroxylation is 1. The van der Waals surface area contributed by atoms with Gasteiger partial charge in [-0.25, -0.2) is 13.1 Å². The van der Waals surface area contributed by atoms with E-state index in [1.807, 2.05) is 6.92 Å². The summed E-state index contributed by atoms with van der Waals surface area (Å²) in [5.74, 6) is -0.498. The Morgan fingerprint density at radius 1 is 1.00 bits per heavy atom. The maximum atomic E-state index is 12.3. The lowest BCUT2D eigenvalue weighted by Crippen LogP contribution is -2.26. The van der Waals surface area contributed by atoms with E-state index in [2.05, 4.69) is 30.7 Å². The normalized spacial score (nSPS) is 11.3. The average Bonchev–Trinajstić information content (AvgIpc) is 3.26. The Kier molecular flexibility index (Phi) is 7.21. The molecule has 3 aromatic rings. The van der Waals surface area contributed by atoms with Crippen molar-refractivity contribution in [3.05, 3.63) is 65.2 Å². The summed E-state index contributed by atoms with van der Waals surface area (Å²) in [5, 5.41) is 15.2. The van der Waals surface area contributed by atoms with E-state index in [1.165, 1.54) is 0 Å². The van der Waals surface area contributed by atoms with E-state index in [0.717, 1.165) is 11.1 Å². The third-order valence-electron chi connectivity index (χ3n) is 4.49. The molecule has 0 fully saturated rings. The van der Waals surface area contributed by atoms with Crippen molar-refractivity contribution in [3.63, 3.8) is 0 Å². The van der Waals surface area contributed by atoms with Gasteiger partial charge in [-0.2, -0.15) is 5.21 Å². The highest BCUT2D eigenvalue weighted by molar-refractivity contribution is 7.89. The number of carbonyl (C=O) groups excluding carboxylic acids is 2. The summed E-state index contributed by atoms with van der Waals surface area (Å²) in [4.78, 5) is 24.3. The van der Waals surface area contributed by atoms with E-state index in [0.29, 0.717) is 12.0 Å². The standard InChI is InChI=1S/C20H22N6O4S/c1-14-2-8-17(9-3-14)31(29,30)21-13-12-15-4-6-16(7-5-15)18(27)10-11-19(28)22-20-23-25-26-24-20/h2-9,21H,10-13H2,1H3,(H2,22,23,24,25,26,28). The van der Waals surface area contributed by atoms with Crippen molar-refractivity contribution >= 4 is 27.7 Å². The third kappa shape index (κ3) is 6.52. The number of tetrazole rings is 1. The van der Waals surface area contributed by atoms with Gasteiger partial charge < -0.3 is 0 Å². The van der Waals surface area contributed by atoms with E-state index >= 15 is 0 Å². The van der Waals surface area contributed by atoms with Crippen molar-refractivity contribution in [2.45, 2.75) is 31.1 Å². The van der Waals surface area contributed by atoms with Crippen molar-refractivity contribution in [1.29, 1.82) is 0 Å². The van der Waals surface area contributed by atoms with Crippen LogP contribution in [0.2, 0.25) is 0 Å². The van der Waals surface area contributed by atoms with Crippen LogP contribution >= 0.6 is 0 Å². The van der Waals surface area contributed by atoms with Crippen LogP contribution in [0.4, 0.5) is 5.95 Å². The number of hydrogen-bond acceptors (Lipinski definition) is 7. The molecule has 0 unspecified atom stereocenters. The molecule has 1 aromatic heterocycles. The number of amides is 1. The molecule has 0 radical (unpaired) electrons. The second kappa shape index (κ2) is 10.0. The van der Waals surface area contributed by atoms with Crippen LogP contribution in [0.25, 0.3) is 0 Å². The minimum atomic E-state index is -3.56. The summed E-state index contributed by atoms with van der Waals surface area (Å²) in [6.07, 6.45) is 0.516. The van der Waals surface area contributed by atoms with Crippen molar-refractivity contribution in [2.24, 2.45) is 0 Å². The van der Waals surface area contributed by atoms with Gasteiger partial charge in [-0.15, -0.1) is 5.10 Å². The highest BCUT2D eigenvalue weighted by Gasteiger charge is 2.13. The zero-order valence-electron chi connectivity index (χ0n) is 16.8. The number of aromatic nitrogens is 4. The topological polar surface area (TPSA) is 147 Å². The monoisotopic (exact) mass is 442 g/mol. The summed E-state index contributed by atoms with van der Waals surface area (Å²) in [5.41, 5.74) is 2.36. The van der Waals surface area contributed by atoms with Crippen LogP contribution in [0.3, 0.4) is 0 Å². The fraction of sp³-hybridized carbons (Fsp3) is 0.250.